The van der Waals surface area contributed by atoms with Crippen LogP contribution in [0.4, 0.5) is 4.39 Å². The molecular weight excluding hydrogens is 160 g/mol. The smallest absolute Gasteiger partial charge is 0.376 e. The summed E-state index contributed by atoms with van der Waals surface area (Å²) in [6.07, 6.45) is -1.28. The lowest BCUT2D eigenvalue weighted by Gasteiger charge is -2.32. The minimum absolute atomic E-state index is 0.0274. The highest BCUT2D eigenvalue weighted by atomic mass is 19.1. The fourth-order valence-corrected chi connectivity index (χ4v) is 2.40. The Morgan fingerprint density at radius 3 is 2.67 bits per heavy atom. The Kier molecular flexibility index (Phi) is 1.90. The van der Waals surface area contributed by atoms with Crippen molar-refractivity contribution in [3.8, 4) is 0 Å². The van der Waals surface area contributed by atoms with Crippen molar-refractivity contribution in [2.45, 2.75) is 31.6 Å². The summed E-state index contributed by atoms with van der Waals surface area (Å²) in [6.45, 7) is 2.27. The summed E-state index contributed by atoms with van der Waals surface area (Å²) in [7, 11) is -0.592. The van der Waals surface area contributed by atoms with Gasteiger partial charge in [0.25, 0.3) is 0 Å². The van der Waals surface area contributed by atoms with Crippen LogP contribution in [0.5, 0.6) is 0 Å². The van der Waals surface area contributed by atoms with E-state index in [0.717, 1.165) is 0 Å². The molecule has 2 rings (SSSR count). The molecule has 12 heavy (non-hydrogen) atoms. The van der Waals surface area contributed by atoms with E-state index in [-0.39, 0.29) is 12.0 Å². The highest BCUT2D eigenvalue weighted by Gasteiger charge is 2.53. The molecule has 2 bridgehead atoms. The van der Waals surface area contributed by atoms with Crippen molar-refractivity contribution in [1.29, 1.82) is 0 Å². The molecule has 0 radical (unpaired) electrons. The Bertz CT molecular complexity index is 190. The number of fused-ring (bicyclic) bond motifs is 2. The van der Waals surface area contributed by atoms with E-state index in [2.05, 4.69) is 0 Å². The highest BCUT2D eigenvalue weighted by molar-refractivity contribution is 6.45. The summed E-state index contributed by atoms with van der Waals surface area (Å²) >= 11 is 0. The molecule has 0 aromatic carbocycles. The van der Waals surface area contributed by atoms with Gasteiger partial charge in [-0.3, -0.25) is 0 Å². The van der Waals surface area contributed by atoms with Crippen molar-refractivity contribution >= 4 is 7.05 Å². The third kappa shape index (κ3) is 1.00. The molecule has 2 unspecified atom stereocenters. The van der Waals surface area contributed by atoms with Crippen molar-refractivity contribution in [2.75, 3.05) is 6.54 Å². The fourth-order valence-electron chi connectivity index (χ4n) is 2.40. The summed E-state index contributed by atoms with van der Waals surface area (Å²) in [5.74, 6) is 0.0274. The van der Waals surface area contributed by atoms with Crippen LogP contribution in [0.1, 0.15) is 6.42 Å². The van der Waals surface area contributed by atoms with E-state index < -0.39 is 19.3 Å². The van der Waals surface area contributed by atoms with Crippen molar-refractivity contribution in [3.63, 3.8) is 0 Å². The Morgan fingerprint density at radius 1 is 1.58 bits per heavy atom. The molecule has 0 aromatic rings. The molecule has 68 valence electrons. The zero-order valence-electron chi connectivity index (χ0n) is 7.02. The van der Waals surface area contributed by atoms with E-state index in [9.17, 15) is 14.5 Å². The SMILES string of the molecule is CB(O)N1CC2CC1[C@@H](F)[C@H]2O. The second kappa shape index (κ2) is 2.68. The quantitative estimate of drug-likeness (QED) is 0.525. The van der Waals surface area contributed by atoms with Gasteiger partial charge in [-0.1, -0.05) is 0 Å². The van der Waals surface area contributed by atoms with Crippen LogP contribution >= 0.6 is 0 Å². The van der Waals surface area contributed by atoms with Crippen LogP contribution in [0.2, 0.25) is 6.82 Å². The maximum atomic E-state index is 13.2. The van der Waals surface area contributed by atoms with Crippen molar-refractivity contribution in [1.82, 2.24) is 4.81 Å². The van der Waals surface area contributed by atoms with Gasteiger partial charge >= 0.3 is 7.05 Å². The average Bonchev–Trinajstić information content (AvgIpc) is 2.53. The first kappa shape index (κ1) is 8.47. The molecule has 2 fully saturated rings. The van der Waals surface area contributed by atoms with Gasteiger partial charge in [0.15, 0.2) is 0 Å². The van der Waals surface area contributed by atoms with Gasteiger partial charge in [-0.05, 0) is 19.8 Å². The van der Waals surface area contributed by atoms with Crippen LogP contribution < -0.4 is 0 Å². The largest absolute Gasteiger partial charge is 0.437 e. The normalized spacial score (nSPS) is 47.0. The fraction of sp³-hybridized carbons (Fsp3) is 1.00. The maximum Gasteiger partial charge on any atom is 0.376 e. The van der Waals surface area contributed by atoms with Gasteiger partial charge in [0.1, 0.15) is 6.17 Å². The van der Waals surface area contributed by atoms with Crippen LogP contribution in [-0.2, 0) is 0 Å². The van der Waals surface area contributed by atoms with E-state index >= 15 is 0 Å². The van der Waals surface area contributed by atoms with E-state index in [0.29, 0.717) is 13.0 Å². The molecule has 1 aliphatic carbocycles. The molecular formula is C7H13BFNO2. The minimum atomic E-state index is -1.17. The lowest BCUT2D eigenvalue weighted by molar-refractivity contribution is 0.0195. The molecule has 2 N–H and O–H groups in total. The molecule has 3 nitrogen and oxygen atoms in total. The molecule has 1 heterocycles. The minimum Gasteiger partial charge on any atom is -0.437 e. The second-order valence-electron chi connectivity index (χ2n) is 3.83. The van der Waals surface area contributed by atoms with Gasteiger partial charge in [0, 0.05) is 12.0 Å². The first-order valence-electron chi connectivity index (χ1n) is 4.37. The first-order valence-corrected chi connectivity index (χ1v) is 4.37. The molecule has 0 amide bonds. The number of nitrogens with zero attached hydrogens (tertiary/aromatic N) is 1. The van der Waals surface area contributed by atoms with Gasteiger partial charge < -0.3 is 14.9 Å². The molecule has 1 saturated carbocycles. The number of halogens is 1. The number of rotatable bonds is 1. The summed E-state index contributed by atoms with van der Waals surface area (Å²) < 4.78 is 13.2. The lowest BCUT2D eigenvalue weighted by Crippen LogP contribution is -2.51. The summed E-state index contributed by atoms with van der Waals surface area (Å²) in [6, 6.07) is -0.259. The molecule has 5 heteroatoms. The Balaban J connectivity index is 2.10. The van der Waals surface area contributed by atoms with Crippen LogP contribution in [0, 0.1) is 5.92 Å². The van der Waals surface area contributed by atoms with E-state index in [1.165, 1.54) is 0 Å². The molecule has 1 saturated heterocycles. The van der Waals surface area contributed by atoms with Crippen LogP contribution in [-0.4, -0.2) is 46.9 Å². The lowest BCUT2D eigenvalue weighted by atomic mass is 9.82. The third-order valence-corrected chi connectivity index (χ3v) is 3.07. The van der Waals surface area contributed by atoms with Crippen molar-refractivity contribution in [3.05, 3.63) is 0 Å². The monoisotopic (exact) mass is 173 g/mol. The predicted molar refractivity (Wildman–Crippen MR) is 43.3 cm³/mol. The summed E-state index contributed by atoms with van der Waals surface area (Å²) in [4.78, 5) is 1.72. The summed E-state index contributed by atoms with van der Waals surface area (Å²) in [5, 5.41) is 18.6. The van der Waals surface area contributed by atoms with Crippen LogP contribution in [0.25, 0.3) is 0 Å². The molecule has 0 aromatic heterocycles. The van der Waals surface area contributed by atoms with Gasteiger partial charge in [-0.2, -0.15) is 0 Å². The van der Waals surface area contributed by atoms with Gasteiger partial charge in [-0.15, -0.1) is 0 Å². The average molecular weight is 173 g/mol. The van der Waals surface area contributed by atoms with Crippen molar-refractivity contribution in [2.24, 2.45) is 5.92 Å². The standard InChI is InChI=1S/C7H13BFNO2/c1-8(12)10-3-4-2-5(10)6(9)7(4)11/h4-7,11-12H,2-3H2,1H3/t4?,5?,6-,7+/m1/s1. The van der Waals surface area contributed by atoms with E-state index in [1.807, 2.05) is 0 Å². The van der Waals surface area contributed by atoms with E-state index in [4.69, 9.17) is 0 Å². The Hall–Kier alpha value is -0.125. The van der Waals surface area contributed by atoms with Crippen LogP contribution in [0.15, 0.2) is 0 Å². The summed E-state index contributed by atoms with van der Waals surface area (Å²) in [5.41, 5.74) is 0. The highest BCUT2D eigenvalue weighted by Crippen LogP contribution is 2.39. The van der Waals surface area contributed by atoms with Gasteiger partial charge in [-0.25, -0.2) is 4.39 Å². The topological polar surface area (TPSA) is 43.7 Å². The number of aliphatic hydroxyl groups is 1. The first-order chi connectivity index (χ1) is 5.61. The Morgan fingerprint density at radius 2 is 2.25 bits per heavy atom. The maximum absolute atomic E-state index is 13.2. The zero-order chi connectivity index (χ0) is 8.88. The third-order valence-electron chi connectivity index (χ3n) is 3.07. The van der Waals surface area contributed by atoms with Gasteiger partial charge in [0.05, 0.1) is 6.10 Å². The van der Waals surface area contributed by atoms with E-state index in [1.54, 1.807) is 11.6 Å². The number of aliphatic hydroxyl groups excluding tert-OH is 1. The number of alkyl halides is 1. The van der Waals surface area contributed by atoms with Crippen molar-refractivity contribution < 1.29 is 14.5 Å². The number of hydrogen-bond donors (Lipinski definition) is 2. The number of hydrogen-bond acceptors (Lipinski definition) is 3. The molecule has 4 atom stereocenters. The number of piperidine rings is 1. The van der Waals surface area contributed by atoms with Crippen LogP contribution in [0.3, 0.4) is 0 Å². The Labute approximate surface area is 71.3 Å². The second-order valence-corrected chi connectivity index (χ2v) is 3.83. The molecule has 1 aliphatic heterocycles. The zero-order valence-corrected chi connectivity index (χ0v) is 7.02. The molecule has 0 spiro atoms. The molecule has 2 aliphatic rings. The van der Waals surface area contributed by atoms with Gasteiger partial charge in [0.2, 0.25) is 0 Å². The predicted octanol–water partition coefficient (Wildman–Crippen LogP) is -0.500.